The maximum atomic E-state index is 6.16. The lowest BCUT2D eigenvalue weighted by molar-refractivity contribution is 0.171. The number of ether oxygens (including phenoxy) is 1. The van der Waals surface area contributed by atoms with Gasteiger partial charge in [-0.05, 0) is 37.0 Å². The summed E-state index contributed by atoms with van der Waals surface area (Å²) >= 11 is 6.06. The Labute approximate surface area is 114 Å². The fraction of sp³-hybridized carbons (Fsp3) is 0.600. The van der Waals surface area contributed by atoms with Crippen molar-refractivity contribution in [3.05, 3.63) is 22.7 Å². The lowest BCUT2D eigenvalue weighted by Gasteiger charge is -2.30. The molecule has 2 nitrogen and oxygen atoms in total. The number of nitrogens with one attached hydrogen (secondary N) is 1. The van der Waals surface area contributed by atoms with Gasteiger partial charge in [0.2, 0.25) is 0 Å². The van der Waals surface area contributed by atoms with Crippen molar-refractivity contribution in [2.24, 2.45) is 5.92 Å². The fourth-order valence-corrected chi connectivity index (χ4v) is 3.47. The van der Waals surface area contributed by atoms with Crippen LogP contribution in [0.4, 0.5) is 5.69 Å². The standard InChI is InChI=1S/C15H20ClNO/c1-10-6-12(16)8-14-15(10)18-13(9-17-14)7-11-4-2-3-5-11/h6,8,11,13,17H,2-5,7,9H2,1H3. The van der Waals surface area contributed by atoms with Crippen LogP contribution in [0.15, 0.2) is 12.1 Å². The predicted octanol–water partition coefficient (Wildman–Crippen LogP) is 4.40. The van der Waals surface area contributed by atoms with E-state index in [0.717, 1.165) is 34.5 Å². The van der Waals surface area contributed by atoms with Crippen molar-refractivity contribution in [2.45, 2.75) is 45.1 Å². The first kappa shape index (κ1) is 12.2. The molecular weight excluding hydrogens is 246 g/mol. The third-order valence-electron chi connectivity index (χ3n) is 4.12. The minimum absolute atomic E-state index is 0.320. The first-order valence-corrected chi connectivity index (χ1v) is 7.31. The first-order valence-electron chi connectivity index (χ1n) is 6.93. The van der Waals surface area contributed by atoms with Gasteiger partial charge in [-0.3, -0.25) is 0 Å². The van der Waals surface area contributed by atoms with Crippen LogP contribution in [-0.4, -0.2) is 12.6 Å². The van der Waals surface area contributed by atoms with E-state index in [0.29, 0.717) is 6.10 Å². The molecule has 1 saturated carbocycles. The van der Waals surface area contributed by atoms with E-state index in [-0.39, 0.29) is 0 Å². The SMILES string of the molecule is Cc1cc(Cl)cc2c1OC(CC1CCCC1)CN2. The molecule has 1 atom stereocenters. The highest BCUT2D eigenvalue weighted by Gasteiger charge is 2.25. The zero-order valence-electron chi connectivity index (χ0n) is 10.8. The Hall–Kier alpha value is -0.890. The number of halogens is 1. The molecular formula is C15H20ClNO. The van der Waals surface area contributed by atoms with Crippen LogP contribution in [-0.2, 0) is 0 Å². The van der Waals surface area contributed by atoms with Crippen molar-refractivity contribution in [2.75, 3.05) is 11.9 Å². The Kier molecular flexibility index (Phi) is 3.38. The molecule has 1 aliphatic heterocycles. The Bertz CT molecular complexity index is 440. The third kappa shape index (κ3) is 2.44. The Balaban J connectivity index is 1.72. The van der Waals surface area contributed by atoms with Gasteiger partial charge in [0.15, 0.2) is 0 Å². The molecule has 1 aliphatic carbocycles. The zero-order chi connectivity index (χ0) is 12.5. The summed E-state index contributed by atoms with van der Waals surface area (Å²) in [6, 6.07) is 3.93. The molecule has 0 spiro atoms. The second kappa shape index (κ2) is 5.00. The Morgan fingerprint density at radius 2 is 2.11 bits per heavy atom. The average molecular weight is 266 g/mol. The van der Waals surface area contributed by atoms with E-state index < -0.39 is 0 Å². The van der Waals surface area contributed by atoms with Crippen LogP contribution in [0, 0.1) is 12.8 Å². The number of fused-ring (bicyclic) bond motifs is 1. The Morgan fingerprint density at radius 1 is 1.33 bits per heavy atom. The lowest BCUT2D eigenvalue weighted by Crippen LogP contribution is -2.32. The van der Waals surface area contributed by atoms with Gasteiger partial charge < -0.3 is 10.1 Å². The topological polar surface area (TPSA) is 21.3 Å². The molecule has 1 fully saturated rings. The van der Waals surface area contributed by atoms with Crippen LogP contribution < -0.4 is 10.1 Å². The minimum atomic E-state index is 0.320. The smallest absolute Gasteiger partial charge is 0.145 e. The van der Waals surface area contributed by atoms with Crippen molar-refractivity contribution >= 4 is 17.3 Å². The molecule has 1 unspecified atom stereocenters. The summed E-state index contributed by atoms with van der Waals surface area (Å²) in [5.41, 5.74) is 2.17. The number of hydrogen-bond acceptors (Lipinski definition) is 2. The molecule has 98 valence electrons. The van der Waals surface area contributed by atoms with Crippen LogP contribution >= 0.6 is 11.6 Å². The molecule has 3 rings (SSSR count). The Morgan fingerprint density at radius 3 is 2.89 bits per heavy atom. The first-order chi connectivity index (χ1) is 8.72. The van der Waals surface area contributed by atoms with Crippen LogP contribution in [0.25, 0.3) is 0 Å². The van der Waals surface area contributed by atoms with Crippen LogP contribution in [0.1, 0.15) is 37.7 Å². The number of aryl methyl sites for hydroxylation is 1. The summed E-state index contributed by atoms with van der Waals surface area (Å²) < 4.78 is 6.16. The van der Waals surface area contributed by atoms with E-state index in [1.54, 1.807) is 0 Å². The second-order valence-corrected chi connectivity index (χ2v) is 6.04. The number of rotatable bonds is 2. The van der Waals surface area contributed by atoms with Gasteiger partial charge in [-0.15, -0.1) is 0 Å². The van der Waals surface area contributed by atoms with E-state index in [1.165, 1.54) is 32.1 Å². The number of hydrogen-bond donors (Lipinski definition) is 1. The third-order valence-corrected chi connectivity index (χ3v) is 4.33. The van der Waals surface area contributed by atoms with Crippen LogP contribution in [0.5, 0.6) is 5.75 Å². The summed E-state index contributed by atoms with van der Waals surface area (Å²) in [4.78, 5) is 0. The van der Waals surface area contributed by atoms with Gasteiger partial charge in [0.05, 0.1) is 12.2 Å². The molecule has 0 bridgehead atoms. The van der Waals surface area contributed by atoms with Crippen LogP contribution in [0.3, 0.4) is 0 Å². The quantitative estimate of drug-likeness (QED) is 0.856. The van der Waals surface area contributed by atoms with E-state index in [2.05, 4.69) is 12.2 Å². The van der Waals surface area contributed by atoms with Crippen molar-refractivity contribution < 1.29 is 4.74 Å². The van der Waals surface area contributed by atoms with Gasteiger partial charge in [0, 0.05) is 5.02 Å². The minimum Gasteiger partial charge on any atom is -0.486 e. The maximum absolute atomic E-state index is 6.16. The van der Waals surface area contributed by atoms with Gasteiger partial charge >= 0.3 is 0 Å². The molecule has 1 aromatic rings. The van der Waals surface area contributed by atoms with E-state index in [1.807, 2.05) is 12.1 Å². The molecule has 0 aromatic heterocycles. The zero-order valence-corrected chi connectivity index (χ0v) is 11.6. The highest BCUT2D eigenvalue weighted by molar-refractivity contribution is 6.31. The van der Waals surface area contributed by atoms with Gasteiger partial charge in [-0.1, -0.05) is 37.3 Å². The van der Waals surface area contributed by atoms with Crippen molar-refractivity contribution in [3.8, 4) is 5.75 Å². The monoisotopic (exact) mass is 265 g/mol. The average Bonchev–Trinajstić information content (AvgIpc) is 2.83. The summed E-state index contributed by atoms with van der Waals surface area (Å²) in [6.07, 6.45) is 7.07. The van der Waals surface area contributed by atoms with E-state index >= 15 is 0 Å². The normalized spacial score (nSPS) is 23.3. The van der Waals surface area contributed by atoms with Crippen LogP contribution in [0.2, 0.25) is 5.02 Å². The predicted molar refractivity (Wildman–Crippen MR) is 75.7 cm³/mol. The van der Waals surface area contributed by atoms with Crippen molar-refractivity contribution in [3.63, 3.8) is 0 Å². The molecule has 2 aliphatic rings. The maximum Gasteiger partial charge on any atom is 0.145 e. The second-order valence-electron chi connectivity index (χ2n) is 5.61. The van der Waals surface area contributed by atoms with Crippen molar-refractivity contribution in [1.82, 2.24) is 0 Å². The summed E-state index contributed by atoms with van der Waals surface area (Å²) in [5, 5.41) is 4.23. The highest BCUT2D eigenvalue weighted by atomic mass is 35.5. The van der Waals surface area contributed by atoms with E-state index in [9.17, 15) is 0 Å². The molecule has 1 aromatic carbocycles. The van der Waals surface area contributed by atoms with Crippen molar-refractivity contribution in [1.29, 1.82) is 0 Å². The summed E-state index contributed by atoms with van der Waals surface area (Å²) in [5.74, 6) is 1.86. The highest BCUT2D eigenvalue weighted by Crippen LogP contribution is 2.37. The van der Waals surface area contributed by atoms with Gasteiger partial charge in [0.1, 0.15) is 11.9 Å². The molecule has 18 heavy (non-hydrogen) atoms. The van der Waals surface area contributed by atoms with E-state index in [4.69, 9.17) is 16.3 Å². The number of anilines is 1. The summed E-state index contributed by atoms with van der Waals surface area (Å²) in [7, 11) is 0. The van der Waals surface area contributed by atoms with Gasteiger partial charge in [0.25, 0.3) is 0 Å². The molecule has 0 saturated heterocycles. The molecule has 0 amide bonds. The molecule has 1 heterocycles. The largest absolute Gasteiger partial charge is 0.486 e. The molecule has 3 heteroatoms. The van der Waals surface area contributed by atoms with Gasteiger partial charge in [-0.25, -0.2) is 0 Å². The molecule has 0 radical (unpaired) electrons. The number of benzene rings is 1. The fourth-order valence-electron chi connectivity index (χ4n) is 3.20. The molecule has 1 N–H and O–H groups in total. The van der Waals surface area contributed by atoms with Gasteiger partial charge in [-0.2, -0.15) is 0 Å². The summed E-state index contributed by atoms with van der Waals surface area (Å²) in [6.45, 7) is 2.97. The lowest BCUT2D eigenvalue weighted by atomic mass is 9.99.